The number of hydrogen-bond acceptors (Lipinski definition) is 4. The van der Waals surface area contributed by atoms with E-state index in [1.54, 1.807) is 6.07 Å². The van der Waals surface area contributed by atoms with Gasteiger partial charge in [0.05, 0.1) is 0 Å². The van der Waals surface area contributed by atoms with Gasteiger partial charge in [-0.25, -0.2) is 0 Å². The minimum absolute atomic E-state index is 0.121. The molecule has 3 N–H and O–H groups in total. The summed E-state index contributed by atoms with van der Waals surface area (Å²) < 4.78 is 5.25. The summed E-state index contributed by atoms with van der Waals surface area (Å²) >= 11 is 0. The Bertz CT molecular complexity index is 441. The van der Waals surface area contributed by atoms with E-state index in [0.717, 1.165) is 12.8 Å². The van der Waals surface area contributed by atoms with Crippen LogP contribution in [0.2, 0.25) is 0 Å². The molecule has 1 aliphatic rings. The molecule has 2 amide bonds. The van der Waals surface area contributed by atoms with Gasteiger partial charge < -0.3 is 15.8 Å². The second-order valence-corrected chi connectivity index (χ2v) is 3.78. The first-order valence-corrected chi connectivity index (χ1v) is 5.35. The normalized spacial score (nSPS) is 18.9. The van der Waals surface area contributed by atoms with E-state index in [2.05, 4.69) is 10.3 Å². The fourth-order valence-electron chi connectivity index (χ4n) is 1.65. The van der Waals surface area contributed by atoms with E-state index in [1.165, 1.54) is 12.3 Å². The fraction of sp³-hybridized carbons (Fsp3) is 0.364. The number of amides is 2. The van der Waals surface area contributed by atoms with Crippen LogP contribution in [0.4, 0.5) is 5.69 Å². The quantitative estimate of drug-likeness (QED) is 0.787. The van der Waals surface area contributed by atoms with Crippen LogP contribution >= 0.6 is 0 Å². The predicted molar refractivity (Wildman–Crippen MR) is 60.4 cm³/mol. The molecule has 0 aliphatic carbocycles. The van der Waals surface area contributed by atoms with Gasteiger partial charge in [0.15, 0.2) is 0 Å². The molecule has 0 spiro atoms. The van der Waals surface area contributed by atoms with Crippen molar-refractivity contribution in [2.24, 2.45) is 5.73 Å². The Labute approximate surface area is 98.2 Å². The number of ether oxygens (including phenoxy) is 1. The number of aromatic nitrogens is 1. The van der Waals surface area contributed by atoms with Gasteiger partial charge in [-0.05, 0) is 25.0 Å². The van der Waals surface area contributed by atoms with E-state index in [1.807, 2.05) is 0 Å². The molecule has 0 saturated carbocycles. The lowest BCUT2D eigenvalue weighted by Gasteiger charge is -2.10. The first-order chi connectivity index (χ1) is 8.16. The minimum atomic E-state index is -0.627. The average Bonchev–Trinajstić information content (AvgIpc) is 2.82. The van der Waals surface area contributed by atoms with E-state index < -0.39 is 12.0 Å². The average molecular weight is 235 g/mol. The first-order valence-electron chi connectivity index (χ1n) is 5.35. The van der Waals surface area contributed by atoms with Crippen LogP contribution in [0.5, 0.6) is 0 Å². The van der Waals surface area contributed by atoms with E-state index >= 15 is 0 Å². The van der Waals surface area contributed by atoms with Crippen LogP contribution in [0.3, 0.4) is 0 Å². The zero-order valence-corrected chi connectivity index (χ0v) is 9.18. The Kier molecular flexibility index (Phi) is 3.34. The molecule has 17 heavy (non-hydrogen) atoms. The number of pyridine rings is 1. The maximum atomic E-state index is 11.7. The molecule has 1 atom stereocenters. The number of anilines is 1. The van der Waals surface area contributed by atoms with E-state index in [-0.39, 0.29) is 11.6 Å². The summed E-state index contributed by atoms with van der Waals surface area (Å²) in [4.78, 5) is 26.4. The largest absolute Gasteiger partial charge is 0.368 e. The van der Waals surface area contributed by atoms with Crippen LogP contribution in [0.1, 0.15) is 23.3 Å². The van der Waals surface area contributed by atoms with E-state index in [9.17, 15) is 9.59 Å². The van der Waals surface area contributed by atoms with Crippen LogP contribution in [0, 0.1) is 0 Å². The van der Waals surface area contributed by atoms with Crippen molar-refractivity contribution in [1.82, 2.24) is 4.98 Å². The van der Waals surface area contributed by atoms with Gasteiger partial charge in [0.2, 0.25) is 0 Å². The second-order valence-electron chi connectivity index (χ2n) is 3.78. The minimum Gasteiger partial charge on any atom is -0.368 e. The maximum Gasteiger partial charge on any atom is 0.267 e. The summed E-state index contributed by atoms with van der Waals surface area (Å²) in [7, 11) is 0. The Balaban J connectivity index is 2.05. The van der Waals surface area contributed by atoms with E-state index in [0.29, 0.717) is 12.3 Å². The van der Waals surface area contributed by atoms with Crippen molar-refractivity contribution >= 4 is 17.5 Å². The van der Waals surface area contributed by atoms with Gasteiger partial charge in [0.1, 0.15) is 11.8 Å². The Hall–Kier alpha value is -1.95. The molecule has 1 aliphatic heterocycles. The molecule has 0 bridgehead atoms. The number of carbonyl (C=O) groups is 2. The summed E-state index contributed by atoms with van der Waals surface area (Å²) in [6.07, 6.45) is 2.63. The standard InChI is InChI=1S/C11H13N3O3/c12-10(15)8-6-7(3-4-13-8)14-11(16)9-2-1-5-17-9/h3-4,6,9H,1-2,5H2,(H2,12,15)(H,13,14,16). The van der Waals surface area contributed by atoms with Crippen molar-refractivity contribution in [2.75, 3.05) is 11.9 Å². The van der Waals surface area contributed by atoms with Crippen molar-refractivity contribution in [3.8, 4) is 0 Å². The number of nitrogens with one attached hydrogen (secondary N) is 1. The molecule has 1 aromatic heterocycles. The van der Waals surface area contributed by atoms with Crippen LogP contribution in [0.25, 0.3) is 0 Å². The molecular formula is C11H13N3O3. The predicted octanol–water partition coefficient (Wildman–Crippen LogP) is 0.298. The molecule has 2 rings (SSSR count). The molecule has 1 aromatic rings. The monoisotopic (exact) mass is 235 g/mol. The second kappa shape index (κ2) is 4.92. The lowest BCUT2D eigenvalue weighted by atomic mass is 10.2. The highest BCUT2D eigenvalue weighted by atomic mass is 16.5. The summed E-state index contributed by atoms with van der Waals surface area (Å²) in [5.74, 6) is -0.831. The van der Waals surface area contributed by atoms with Gasteiger partial charge in [-0.15, -0.1) is 0 Å². The Morgan fingerprint density at radius 3 is 3.00 bits per heavy atom. The van der Waals surface area contributed by atoms with Gasteiger partial charge in [-0.2, -0.15) is 0 Å². The Morgan fingerprint density at radius 2 is 2.35 bits per heavy atom. The van der Waals surface area contributed by atoms with Crippen LogP contribution in [-0.2, 0) is 9.53 Å². The van der Waals surface area contributed by atoms with Gasteiger partial charge >= 0.3 is 0 Å². The Morgan fingerprint density at radius 1 is 1.53 bits per heavy atom. The highest BCUT2D eigenvalue weighted by molar-refractivity contribution is 5.96. The SMILES string of the molecule is NC(=O)c1cc(NC(=O)C2CCCO2)ccn1. The van der Waals surface area contributed by atoms with Crippen molar-refractivity contribution in [2.45, 2.75) is 18.9 Å². The molecule has 0 radical (unpaired) electrons. The van der Waals surface area contributed by atoms with Crippen molar-refractivity contribution in [3.63, 3.8) is 0 Å². The summed E-state index contributed by atoms with van der Waals surface area (Å²) in [5, 5.41) is 2.67. The van der Waals surface area contributed by atoms with E-state index in [4.69, 9.17) is 10.5 Å². The lowest BCUT2D eigenvalue weighted by Crippen LogP contribution is -2.27. The molecule has 90 valence electrons. The fourth-order valence-corrected chi connectivity index (χ4v) is 1.65. The van der Waals surface area contributed by atoms with Gasteiger partial charge in [-0.3, -0.25) is 14.6 Å². The summed E-state index contributed by atoms with van der Waals surface area (Å²) in [5.41, 5.74) is 5.71. The van der Waals surface area contributed by atoms with Crippen LogP contribution in [-0.4, -0.2) is 29.5 Å². The van der Waals surface area contributed by atoms with Gasteiger partial charge in [0, 0.05) is 18.5 Å². The molecule has 1 unspecified atom stereocenters. The summed E-state index contributed by atoms with van der Waals surface area (Å²) in [6, 6.07) is 3.04. The van der Waals surface area contributed by atoms with Crippen molar-refractivity contribution in [1.29, 1.82) is 0 Å². The zero-order chi connectivity index (χ0) is 12.3. The van der Waals surface area contributed by atoms with Gasteiger partial charge in [0.25, 0.3) is 11.8 Å². The molecule has 0 aromatic carbocycles. The van der Waals surface area contributed by atoms with Crippen molar-refractivity contribution in [3.05, 3.63) is 24.0 Å². The third-order valence-electron chi connectivity index (χ3n) is 2.50. The molecule has 1 saturated heterocycles. The third kappa shape index (κ3) is 2.79. The maximum absolute atomic E-state index is 11.7. The zero-order valence-electron chi connectivity index (χ0n) is 9.18. The van der Waals surface area contributed by atoms with Crippen LogP contribution < -0.4 is 11.1 Å². The number of rotatable bonds is 3. The highest BCUT2D eigenvalue weighted by Gasteiger charge is 2.23. The van der Waals surface area contributed by atoms with Gasteiger partial charge in [-0.1, -0.05) is 0 Å². The number of hydrogen-bond donors (Lipinski definition) is 2. The van der Waals surface area contributed by atoms with Crippen molar-refractivity contribution < 1.29 is 14.3 Å². The highest BCUT2D eigenvalue weighted by Crippen LogP contribution is 2.15. The number of carbonyl (C=O) groups excluding carboxylic acids is 2. The number of nitrogens with two attached hydrogens (primary N) is 1. The topological polar surface area (TPSA) is 94.3 Å². The third-order valence-corrected chi connectivity index (χ3v) is 2.50. The smallest absolute Gasteiger partial charge is 0.267 e. The first kappa shape index (κ1) is 11.5. The molecule has 6 heteroatoms. The number of nitrogens with zero attached hydrogens (tertiary/aromatic N) is 1. The van der Waals surface area contributed by atoms with Crippen LogP contribution in [0.15, 0.2) is 18.3 Å². The molecule has 6 nitrogen and oxygen atoms in total. The number of primary amides is 1. The summed E-state index contributed by atoms with van der Waals surface area (Å²) in [6.45, 7) is 0.612. The lowest BCUT2D eigenvalue weighted by molar-refractivity contribution is -0.124. The molecular weight excluding hydrogens is 222 g/mol. The molecule has 1 fully saturated rings. The molecule has 2 heterocycles.